The summed E-state index contributed by atoms with van der Waals surface area (Å²) < 4.78 is 0. The summed E-state index contributed by atoms with van der Waals surface area (Å²) in [5, 5.41) is 5.20. The Balaban J connectivity index is 1.60. The minimum atomic E-state index is -0.0338. The predicted molar refractivity (Wildman–Crippen MR) is 110 cm³/mol. The minimum absolute atomic E-state index is 0.0295. The van der Waals surface area contributed by atoms with Crippen molar-refractivity contribution in [2.45, 2.75) is 37.0 Å². The van der Waals surface area contributed by atoms with Crippen LogP contribution in [0.4, 0.5) is 0 Å². The third-order valence-electron chi connectivity index (χ3n) is 4.18. The SMILES string of the molecule is CCC(NC(=O)c1ccc(SCc2cscn2)cc1)c1ccc(C)cc1. The van der Waals surface area contributed by atoms with Gasteiger partial charge in [0.25, 0.3) is 5.91 Å². The molecule has 1 aromatic heterocycles. The van der Waals surface area contributed by atoms with Crippen LogP contribution in [0.3, 0.4) is 0 Å². The molecule has 3 rings (SSSR count). The van der Waals surface area contributed by atoms with Crippen LogP contribution >= 0.6 is 23.1 Å². The van der Waals surface area contributed by atoms with E-state index in [9.17, 15) is 4.79 Å². The number of rotatable bonds is 7. The fourth-order valence-electron chi connectivity index (χ4n) is 2.63. The summed E-state index contributed by atoms with van der Waals surface area (Å²) >= 11 is 3.34. The van der Waals surface area contributed by atoms with E-state index in [4.69, 9.17) is 0 Å². The fraction of sp³-hybridized carbons (Fsp3) is 0.238. The lowest BCUT2D eigenvalue weighted by atomic mass is 10.0. The van der Waals surface area contributed by atoms with Gasteiger partial charge in [0, 0.05) is 21.6 Å². The van der Waals surface area contributed by atoms with Gasteiger partial charge in [-0.2, -0.15) is 0 Å². The zero-order valence-corrected chi connectivity index (χ0v) is 16.6. The summed E-state index contributed by atoms with van der Waals surface area (Å²) in [6.07, 6.45) is 0.858. The summed E-state index contributed by atoms with van der Waals surface area (Å²) in [5.41, 5.74) is 5.99. The number of hydrogen-bond donors (Lipinski definition) is 1. The molecular weight excluding hydrogens is 360 g/mol. The Morgan fingerprint density at radius 2 is 1.88 bits per heavy atom. The standard InChI is InChI=1S/C21H22N2OS2/c1-3-20(16-6-4-15(2)5-7-16)23-21(24)17-8-10-19(11-9-17)26-13-18-12-25-14-22-18/h4-12,14,20H,3,13H2,1-2H3,(H,23,24). The van der Waals surface area contributed by atoms with Gasteiger partial charge in [-0.1, -0.05) is 36.8 Å². The maximum absolute atomic E-state index is 12.6. The van der Waals surface area contributed by atoms with Gasteiger partial charge in [0.05, 0.1) is 17.2 Å². The van der Waals surface area contributed by atoms with Gasteiger partial charge in [0.2, 0.25) is 0 Å². The molecule has 1 heterocycles. The maximum Gasteiger partial charge on any atom is 0.251 e. The number of amides is 1. The van der Waals surface area contributed by atoms with E-state index in [1.165, 1.54) is 5.56 Å². The number of hydrogen-bond acceptors (Lipinski definition) is 4. The first-order valence-electron chi connectivity index (χ1n) is 8.63. The molecule has 1 amide bonds. The van der Waals surface area contributed by atoms with Crippen LogP contribution in [0.2, 0.25) is 0 Å². The molecule has 0 fully saturated rings. The number of nitrogens with zero attached hydrogens (tertiary/aromatic N) is 1. The van der Waals surface area contributed by atoms with Crippen molar-refractivity contribution in [1.82, 2.24) is 10.3 Å². The van der Waals surface area contributed by atoms with Gasteiger partial charge < -0.3 is 5.32 Å². The summed E-state index contributed by atoms with van der Waals surface area (Å²) in [4.78, 5) is 18.0. The Bertz CT molecular complexity index is 827. The van der Waals surface area contributed by atoms with Crippen molar-refractivity contribution in [3.63, 3.8) is 0 Å². The summed E-state index contributed by atoms with van der Waals surface area (Å²) in [6.45, 7) is 4.15. The van der Waals surface area contributed by atoms with Gasteiger partial charge in [-0.05, 0) is 43.2 Å². The Hall–Kier alpha value is -2.11. The lowest BCUT2D eigenvalue weighted by Gasteiger charge is -2.18. The highest BCUT2D eigenvalue weighted by Gasteiger charge is 2.14. The summed E-state index contributed by atoms with van der Waals surface area (Å²) in [7, 11) is 0. The van der Waals surface area contributed by atoms with E-state index >= 15 is 0 Å². The van der Waals surface area contributed by atoms with Crippen LogP contribution in [0.5, 0.6) is 0 Å². The van der Waals surface area contributed by atoms with E-state index in [0.717, 1.165) is 28.3 Å². The highest BCUT2D eigenvalue weighted by molar-refractivity contribution is 7.98. The van der Waals surface area contributed by atoms with E-state index in [2.05, 4.69) is 53.8 Å². The normalized spacial score (nSPS) is 11.9. The van der Waals surface area contributed by atoms with E-state index in [1.54, 1.807) is 23.1 Å². The van der Waals surface area contributed by atoms with Gasteiger partial charge >= 0.3 is 0 Å². The maximum atomic E-state index is 12.6. The van der Waals surface area contributed by atoms with E-state index in [0.29, 0.717) is 5.56 Å². The summed E-state index contributed by atoms with van der Waals surface area (Å²) in [6, 6.07) is 16.1. The molecule has 1 atom stereocenters. The highest BCUT2D eigenvalue weighted by Crippen LogP contribution is 2.23. The molecule has 0 spiro atoms. The zero-order valence-electron chi connectivity index (χ0n) is 14.9. The second-order valence-corrected chi connectivity index (χ2v) is 7.91. The molecule has 3 aromatic rings. The smallest absolute Gasteiger partial charge is 0.251 e. The molecule has 0 radical (unpaired) electrons. The minimum Gasteiger partial charge on any atom is -0.345 e. The molecule has 0 aliphatic carbocycles. The quantitative estimate of drug-likeness (QED) is 0.539. The number of carbonyl (C=O) groups is 1. The number of thiazole rings is 1. The van der Waals surface area contributed by atoms with Gasteiger partial charge in [-0.15, -0.1) is 23.1 Å². The third kappa shape index (κ3) is 4.96. The molecule has 134 valence electrons. The summed E-state index contributed by atoms with van der Waals surface area (Å²) in [5.74, 6) is 0.814. The van der Waals surface area contributed by atoms with Crippen LogP contribution in [0.15, 0.2) is 64.3 Å². The molecule has 0 saturated heterocycles. The Labute approximate surface area is 162 Å². The van der Waals surface area contributed by atoms with Crippen molar-refractivity contribution in [2.75, 3.05) is 0 Å². The van der Waals surface area contributed by atoms with Crippen LogP contribution in [0.25, 0.3) is 0 Å². The Kier molecular flexibility index (Phi) is 6.47. The van der Waals surface area contributed by atoms with E-state index < -0.39 is 0 Å². The second-order valence-electron chi connectivity index (χ2n) is 6.14. The van der Waals surface area contributed by atoms with Crippen molar-refractivity contribution in [3.8, 4) is 0 Å². The lowest BCUT2D eigenvalue weighted by molar-refractivity contribution is 0.0935. The number of nitrogens with one attached hydrogen (secondary N) is 1. The fourth-order valence-corrected chi connectivity index (χ4v) is 4.09. The third-order valence-corrected chi connectivity index (χ3v) is 5.86. The van der Waals surface area contributed by atoms with Crippen LogP contribution in [-0.2, 0) is 5.75 Å². The molecule has 0 saturated carbocycles. The average Bonchev–Trinajstić information content (AvgIpc) is 3.19. The molecule has 1 unspecified atom stereocenters. The molecule has 0 bridgehead atoms. The molecular formula is C21H22N2OS2. The van der Waals surface area contributed by atoms with Crippen molar-refractivity contribution in [3.05, 3.63) is 81.8 Å². The number of thioether (sulfide) groups is 1. The first-order chi connectivity index (χ1) is 12.7. The van der Waals surface area contributed by atoms with Crippen LogP contribution in [0.1, 0.15) is 46.6 Å². The zero-order chi connectivity index (χ0) is 18.4. The molecule has 26 heavy (non-hydrogen) atoms. The van der Waals surface area contributed by atoms with Crippen LogP contribution in [0, 0.1) is 6.92 Å². The van der Waals surface area contributed by atoms with Crippen molar-refractivity contribution in [1.29, 1.82) is 0 Å². The van der Waals surface area contributed by atoms with Gasteiger partial charge in [-0.3, -0.25) is 4.79 Å². The second kappa shape index (κ2) is 9.01. The van der Waals surface area contributed by atoms with Crippen LogP contribution < -0.4 is 5.32 Å². The van der Waals surface area contributed by atoms with Crippen LogP contribution in [-0.4, -0.2) is 10.9 Å². The first kappa shape index (κ1) is 18.7. The molecule has 0 aliphatic rings. The van der Waals surface area contributed by atoms with Gasteiger partial charge in [0.15, 0.2) is 0 Å². The molecule has 2 aromatic carbocycles. The number of aromatic nitrogens is 1. The number of carbonyl (C=O) groups excluding carboxylic acids is 1. The number of benzene rings is 2. The van der Waals surface area contributed by atoms with Crippen molar-refractivity contribution < 1.29 is 4.79 Å². The molecule has 5 heteroatoms. The first-order valence-corrected chi connectivity index (χ1v) is 10.6. The van der Waals surface area contributed by atoms with Gasteiger partial charge in [0.1, 0.15) is 0 Å². The van der Waals surface area contributed by atoms with E-state index in [1.807, 2.05) is 29.8 Å². The lowest BCUT2D eigenvalue weighted by Crippen LogP contribution is -2.28. The molecule has 0 aliphatic heterocycles. The van der Waals surface area contributed by atoms with Crippen molar-refractivity contribution >= 4 is 29.0 Å². The van der Waals surface area contributed by atoms with Gasteiger partial charge in [-0.25, -0.2) is 4.98 Å². The number of aryl methyl sites for hydroxylation is 1. The van der Waals surface area contributed by atoms with E-state index in [-0.39, 0.29) is 11.9 Å². The van der Waals surface area contributed by atoms with Crippen molar-refractivity contribution in [2.24, 2.45) is 0 Å². The predicted octanol–water partition coefficient (Wildman–Crippen LogP) is 5.62. The Morgan fingerprint density at radius 3 is 2.50 bits per heavy atom. The molecule has 3 nitrogen and oxygen atoms in total. The topological polar surface area (TPSA) is 42.0 Å². The monoisotopic (exact) mass is 382 g/mol. The average molecular weight is 383 g/mol. The highest BCUT2D eigenvalue weighted by atomic mass is 32.2. The largest absolute Gasteiger partial charge is 0.345 e. The molecule has 1 N–H and O–H groups in total. The Morgan fingerprint density at radius 1 is 1.15 bits per heavy atom.